The Kier molecular flexibility index (Phi) is 6.42. The predicted molar refractivity (Wildman–Crippen MR) is 79.1 cm³/mol. The van der Waals surface area contributed by atoms with Crippen molar-refractivity contribution in [1.82, 2.24) is 15.1 Å². The molecule has 0 aromatic rings. The number of nitrogens with one attached hydrogen (secondary N) is 1. The number of β-amino-alcohol motifs (C(OH)–C–C–N with tert-alkyl or cyclic N) is 1. The van der Waals surface area contributed by atoms with E-state index in [9.17, 15) is 14.7 Å². The van der Waals surface area contributed by atoms with Crippen LogP contribution in [0.1, 0.15) is 26.7 Å². The number of hydrogen-bond donors (Lipinski definition) is 3. The summed E-state index contributed by atoms with van der Waals surface area (Å²) in [6, 6.07) is -1.40. The topological polar surface area (TPSA) is 93.1 Å². The molecule has 0 radical (unpaired) electrons. The maximum absolute atomic E-state index is 12.3. The third-order valence-corrected chi connectivity index (χ3v) is 3.49. The molecule has 1 unspecified atom stereocenters. The molecule has 3 N–H and O–H groups in total. The maximum Gasteiger partial charge on any atom is 0.326 e. The Morgan fingerprint density at radius 3 is 2.48 bits per heavy atom. The van der Waals surface area contributed by atoms with E-state index < -0.39 is 24.1 Å². The van der Waals surface area contributed by atoms with Crippen molar-refractivity contribution < 1.29 is 19.8 Å². The van der Waals surface area contributed by atoms with Crippen LogP contribution in [0, 0.1) is 5.92 Å². The highest BCUT2D eigenvalue weighted by Crippen LogP contribution is 2.18. The zero-order valence-electron chi connectivity index (χ0n) is 13.2. The summed E-state index contributed by atoms with van der Waals surface area (Å²) in [5.74, 6) is -0.649. The van der Waals surface area contributed by atoms with E-state index in [1.54, 1.807) is 0 Å². The standard InChI is InChI=1S/C14H27N3O4/c1-9(2)5-10(7-16(3)4)15-14(21)17-8-11(18)6-12(17)13(19)20/h9-12,18H,5-8H2,1-4H3,(H,15,21)(H,19,20)/t10?,11-,12-/m1/s1. The van der Waals surface area contributed by atoms with Gasteiger partial charge in [-0.1, -0.05) is 13.8 Å². The number of likely N-dealkylation sites (N-methyl/N-ethyl adjacent to an activating group) is 1. The molecule has 122 valence electrons. The second kappa shape index (κ2) is 7.61. The lowest BCUT2D eigenvalue weighted by atomic mass is 10.0. The van der Waals surface area contributed by atoms with Crippen molar-refractivity contribution in [3.8, 4) is 0 Å². The predicted octanol–water partition coefficient (Wildman–Crippen LogP) is 0.192. The van der Waals surface area contributed by atoms with E-state index >= 15 is 0 Å². The fourth-order valence-corrected chi connectivity index (χ4v) is 2.72. The van der Waals surface area contributed by atoms with Gasteiger partial charge in [0.2, 0.25) is 0 Å². The Labute approximate surface area is 125 Å². The molecule has 21 heavy (non-hydrogen) atoms. The van der Waals surface area contributed by atoms with Crippen molar-refractivity contribution in [3.63, 3.8) is 0 Å². The van der Waals surface area contributed by atoms with Crippen LogP contribution in [0.15, 0.2) is 0 Å². The fourth-order valence-electron chi connectivity index (χ4n) is 2.72. The number of aliphatic carboxylic acids is 1. The van der Waals surface area contributed by atoms with Gasteiger partial charge in [-0.05, 0) is 26.4 Å². The summed E-state index contributed by atoms with van der Waals surface area (Å²) in [6.45, 7) is 4.92. The molecule has 2 amide bonds. The number of carbonyl (C=O) groups is 2. The zero-order chi connectivity index (χ0) is 16.2. The third-order valence-electron chi connectivity index (χ3n) is 3.49. The van der Waals surface area contributed by atoms with Crippen molar-refractivity contribution in [1.29, 1.82) is 0 Å². The van der Waals surface area contributed by atoms with Crippen molar-refractivity contribution in [2.75, 3.05) is 27.2 Å². The smallest absolute Gasteiger partial charge is 0.326 e. The zero-order valence-corrected chi connectivity index (χ0v) is 13.2. The number of amides is 2. The average molecular weight is 301 g/mol. The average Bonchev–Trinajstić information content (AvgIpc) is 2.69. The number of aliphatic hydroxyl groups excluding tert-OH is 1. The van der Waals surface area contributed by atoms with Crippen LogP contribution >= 0.6 is 0 Å². The summed E-state index contributed by atoms with van der Waals surface area (Å²) in [5.41, 5.74) is 0. The largest absolute Gasteiger partial charge is 0.480 e. The molecule has 3 atom stereocenters. The number of urea groups is 1. The molecule has 0 aromatic carbocycles. The van der Waals surface area contributed by atoms with E-state index in [1.165, 1.54) is 4.90 Å². The van der Waals surface area contributed by atoms with Crippen molar-refractivity contribution in [3.05, 3.63) is 0 Å². The molecule has 1 aliphatic heterocycles. The van der Waals surface area contributed by atoms with Crippen molar-refractivity contribution in [2.24, 2.45) is 5.92 Å². The summed E-state index contributed by atoms with van der Waals surface area (Å²) < 4.78 is 0. The second-order valence-corrected chi connectivity index (χ2v) is 6.43. The lowest BCUT2D eigenvalue weighted by molar-refractivity contribution is -0.141. The maximum atomic E-state index is 12.3. The number of aliphatic hydroxyl groups is 1. The van der Waals surface area contributed by atoms with Gasteiger partial charge in [-0.15, -0.1) is 0 Å². The molecular formula is C14H27N3O4. The van der Waals surface area contributed by atoms with Gasteiger partial charge in [0.15, 0.2) is 0 Å². The molecular weight excluding hydrogens is 274 g/mol. The molecule has 0 aromatic heterocycles. The molecule has 0 saturated carbocycles. The molecule has 7 heteroatoms. The number of rotatable bonds is 6. The van der Waals surface area contributed by atoms with Gasteiger partial charge < -0.3 is 25.3 Å². The summed E-state index contributed by atoms with van der Waals surface area (Å²) >= 11 is 0. The van der Waals surface area contributed by atoms with E-state index in [-0.39, 0.29) is 19.0 Å². The molecule has 1 saturated heterocycles. The van der Waals surface area contributed by atoms with Crippen molar-refractivity contribution in [2.45, 2.75) is 44.9 Å². The number of carboxylic acids is 1. The SMILES string of the molecule is CC(C)CC(CN(C)C)NC(=O)N1C[C@H](O)C[C@@H]1C(=O)O. The third kappa shape index (κ3) is 5.51. The first-order valence-electron chi connectivity index (χ1n) is 7.33. The van der Waals surface area contributed by atoms with Crippen LogP contribution in [-0.2, 0) is 4.79 Å². The summed E-state index contributed by atoms with van der Waals surface area (Å²) in [5, 5.41) is 21.6. The number of hydrogen-bond acceptors (Lipinski definition) is 4. The van der Waals surface area contributed by atoms with Crippen LogP contribution in [0.4, 0.5) is 4.79 Å². The van der Waals surface area contributed by atoms with Gasteiger partial charge in [0.05, 0.1) is 6.10 Å². The Morgan fingerprint density at radius 1 is 1.38 bits per heavy atom. The van der Waals surface area contributed by atoms with Gasteiger partial charge in [-0.25, -0.2) is 9.59 Å². The minimum atomic E-state index is -1.07. The van der Waals surface area contributed by atoms with Gasteiger partial charge in [-0.2, -0.15) is 0 Å². The minimum absolute atomic E-state index is 0.0420. The summed E-state index contributed by atoms with van der Waals surface area (Å²) in [6.07, 6.45) is 0.137. The number of nitrogens with zero attached hydrogens (tertiary/aromatic N) is 2. The highest BCUT2D eigenvalue weighted by atomic mass is 16.4. The van der Waals surface area contributed by atoms with E-state index in [0.717, 1.165) is 6.42 Å². The number of carbonyl (C=O) groups excluding carboxylic acids is 1. The van der Waals surface area contributed by atoms with Crippen LogP contribution in [0.2, 0.25) is 0 Å². The number of carboxylic acid groups (broad SMARTS) is 1. The van der Waals surface area contributed by atoms with Crippen LogP contribution < -0.4 is 5.32 Å². The number of likely N-dealkylation sites (tertiary alicyclic amines) is 1. The minimum Gasteiger partial charge on any atom is -0.480 e. The Morgan fingerprint density at radius 2 is 2.00 bits per heavy atom. The molecule has 1 aliphatic rings. The fraction of sp³-hybridized carbons (Fsp3) is 0.857. The molecule has 0 bridgehead atoms. The molecule has 0 spiro atoms. The monoisotopic (exact) mass is 301 g/mol. The Balaban J connectivity index is 2.69. The lowest BCUT2D eigenvalue weighted by Gasteiger charge is -2.28. The van der Waals surface area contributed by atoms with E-state index in [1.807, 2.05) is 19.0 Å². The first-order chi connectivity index (χ1) is 9.70. The first kappa shape index (κ1) is 17.7. The van der Waals surface area contributed by atoms with Crippen LogP contribution in [0.3, 0.4) is 0 Å². The van der Waals surface area contributed by atoms with Crippen LogP contribution in [0.5, 0.6) is 0 Å². The Hall–Kier alpha value is -1.34. The highest BCUT2D eigenvalue weighted by molar-refractivity contribution is 5.83. The normalized spacial score (nSPS) is 23.7. The quantitative estimate of drug-likeness (QED) is 0.651. The van der Waals surface area contributed by atoms with Crippen LogP contribution in [0.25, 0.3) is 0 Å². The van der Waals surface area contributed by atoms with Crippen LogP contribution in [-0.4, -0.2) is 77.4 Å². The van der Waals surface area contributed by atoms with Gasteiger partial charge in [0, 0.05) is 25.6 Å². The van der Waals surface area contributed by atoms with Gasteiger partial charge in [-0.3, -0.25) is 0 Å². The molecule has 1 rings (SSSR count). The van der Waals surface area contributed by atoms with Gasteiger partial charge in [0.1, 0.15) is 6.04 Å². The van der Waals surface area contributed by atoms with E-state index in [2.05, 4.69) is 19.2 Å². The summed E-state index contributed by atoms with van der Waals surface area (Å²) in [4.78, 5) is 26.7. The lowest BCUT2D eigenvalue weighted by Crippen LogP contribution is -2.51. The first-order valence-corrected chi connectivity index (χ1v) is 7.33. The van der Waals surface area contributed by atoms with E-state index in [0.29, 0.717) is 12.5 Å². The molecule has 1 fully saturated rings. The second-order valence-electron chi connectivity index (χ2n) is 6.43. The van der Waals surface area contributed by atoms with Gasteiger partial charge in [0.25, 0.3) is 0 Å². The van der Waals surface area contributed by atoms with E-state index in [4.69, 9.17) is 5.11 Å². The Bertz CT molecular complexity index is 363. The molecule has 0 aliphatic carbocycles. The van der Waals surface area contributed by atoms with Gasteiger partial charge >= 0.3 is 12.0 Å². The summed E-state index contributed by atoms with van der Waals surface area (Å²) in [7, 11) is 3.86. The molecule has 7 nitrogen and oxygen atoms in total. The molecule has 1 heterocycles. The highest BCUT2D eigenvalue weighted by Gasteiger charge is 2.39. The van der Waals surface area contributed by atoms with Crippen molar-refractivity contribution >= 4 is 12.0 Å².